The predicted octanol–water partition coefficient (Wildman–Crippen LogP) is 5.00. The Labute approximate surface area is 145 Å². The number of ether oxygens (including phenoxy) is 1. The number of aryl methyl sites for hydroxylation is 1. The van der Waals surface area contributed by atoms with Gasteiger partial charge in [0.2, 0.25) is 11.8 Å². The minimum absolute atomic E-state index is 0.156. The molecule has 0 N–H and O–H groups in total. The molecule has 0 bridgehead atoms. The van der Waals surface area contributed by atoms with Crippen LogP contribution < -0.4 is 9.64 Å². The molecule has 0 saturated heterocycles. The molecule has 0 atom stereocenters. The number of benzene rings is 1. The number of anilines is 2. The van der Waals surface area contributed by atoms with Crippen LogP contribution >= 0.6 is 0 Å². The molecule has 136 valence electrons. The first-order chi connectivity index (χ1) is 11.9. The van der Waals surface area contributed by atoms with Crippen LogP contribution in [0.5, 0.6) is 5.88 Å². The van der Waals surface area contributed by atoms with E-state index in [1.165, 1.54) is 5.56 Å². The molecule has 2 rings (SSSR count). The van der Waals surface area contributed by atoms with Crippen molar-refractivity contribution in [3.8, 4) is 5.88 Å². The van der Waals surface area contributed by atoms with Crippen LogP contribution in [-0.2, 0) is 12.6 Å². The fraction of sp³-hybridized carbons (Fsp3) is 0.444. The summed E-state index contributed by atoms with van der Waals surface area (Å²) < 4.78 is 44.6. The summed E-state index contributed by atoms with van der Waals surface area (Å²) in [6, 6.07) is 7.71. The van der Waals surface area contributed by atoms with Gasteiger partial charge in [-0.2, -0.15) is 18.2 Å². The third kappa shape index (κ3) is 4.84. The quantitative estimate of drug-likeness (QED) is 0.656. The van der Waals surface area contributed by atoms with E-state index in [1.54, 1.807) is 11.9 Å². The van der Waals surface area contributed by atoms with Crippen LogP contribution in [-0.4, -0.2) is 23.6 Å². The van der Waals surface area contributed by atoms with E-state index in [2.05, 4.69) is 16.9 Å². The molecule has 0 aliphatic heterocycles. The second kappa shape index (κ2) is 8.18. The number of hydrogen-bond acceptors (Lipinski definition) is 4. The maximum absolute atomic E-state index is 13.1. The van der Waals surface area contributed by atoms with Crippen molar-refractivity contribution in [1.29, 1.82) is 0 Å². The molecule has 0 aliphatic carbocycles. The van der Waals surface area contributed by atoms with Crippen LogP contribution in [0.3, 0.4) is 0 Å². The molecular formula is C18H22F3N3O. The van der Waals surface area contributed by atoms with Crippen LogP contribution in [0.2, 0.25) is 0 Å². The maximum atomic E-state index is 13.1. The minimum atomic E-state index is -4.55. The molecule has 4 nitrogen and oxygen atoms in total. The van der Waals surface area contributed by atoms with Crippen molar-refractivity contribution in [2.45, 2.75) is 39.3 Å². The highest BCUT2D eigenvalue weighted by Crippen LogP contribution is 2.36. The van der Waals surface area contributed by atoms with Gasteiger partial charge in [-0.05, 0) is 30.5 Å². The lowest BCUT2D eigenvalue weighted by atomic mass is 10.1. The van der Waals surface area contributed by atoms with Gasteiger partial charge < -0.3 is 9.64 Å². The van der Waals surface area contributed by atoms with Crippen LogP contribution in [0.4, 0.5) is 24.8 Å². The number of halogens is 3. The Morgan fingerprint density at radius 3 is 2.36 bits per heavy atom. The summed E-state index contributed by atoms with van der Waals surface area (Å²) >= 11 is 0. The van der Waals surface area contributed by atoms with Crippen molar-refractivity contribution in [1.82, 2.24) is 9.97 Å². The van der Waals surface area contributed by atoms with Gasteiger partial charge in [-0.3, -0.25) is 0 Å². The molecule has 25 heavy (non-hydrogen) atoms. The third-order valence-corrected chi connectivity index (χ3v) is 3.82. The van der Waals surface area contributed by atoms with E-state index in [4.69, 9.17) is 4.74 Å². The van der Waals surface area contributed by atoms with Crippen LogP contribution in [0.25, 0.3) is 0 Å². The van der Waals surface area contributed by atoms with Gasteiger partial charge in [-0.25, -0.2) is 4.98 Å². The molecule has 0 unspecified atom stereocenters. The highest BCUT2D eigenvalue weighted by Gasteiger charge is 2.36. The Balaban J connectivity index is 2.31. The summed E-state index contributed by atoms with van der Waals surface area (Å²) in [6.45, 7) is 4.18. The molecule has 1 aromatic carbocycles. The van der Waals surface area contributed by atoms with E-state index in [0.29, 0.717) is 6.42 Å². The lowest BCUT2D eigenvalue weighted by molar-refractivity contribution is -0.139. The van der Waals surface area contributed by atoms with Crippen molar-refractivity contribution in [3.63, 3.8) is 0 Å². The molecule has 0 amide bonds. The largest absolute Gasteiger partial charge is 0.477 e. The standard InChI is InChI=1S/C18H22F3N3O/c1-4-6-11-25-16-15(18(19,20)21)12-22-17(23-16)24(3)14-9-7-13(5-2)8-10-14/h7-10,12H,4-6,11H2,1-3H3. The van der Waals surface area contributed by atoms with Crippen LogP contribution in [0.1, 0.15) is 37.8 Å². The van der Waals surface area contributed by atoms with Gasteiger partial charge in [0.15, 0.2) is 0 Å². The average Bonchev–Trinajstić information content (AvgIpc) is 2.60. The summed E-state index contributed by atoms with van der Waals surface area (Å²) in [6.07, 6.45) is -1.38. The minimum Gasteiger partial charge on any atom is -0.477 e. The predicted molar refractivity (Wildman–Crippen MR) is 91.3 cm³/mol. The highest BCUT2D eigenvalue weighted by molar-refractivity contribution is 5.57. The van der Waals surface area contributed by atoms with Crippen molar-refractivity contribution in [2.24, 2.45) is 0 Å². The SMILES string of the molecule is CCCCOc1nc(N(C)c2ccc(CC)cc2)ncc1C(F)(F)F. The second-order valence-corrected chi connectivity index (χ2v) is 5.67. The molecule has 7 heteroatoms. The van der Waals surface area contributed by atoms with Gasteiger partial charge in [0.05, 0.1) is 6.61 Å². The first kappa shape index (κ1) is 19.0. The molecule has 1 heterocycles. The van der Waals surface area contributed by atoms with Crippen LogP contribution in [0.15, 0.2) is 30.5 Å². The number of alkyl halides is 3. The van der Waals surface area contributed by atoms with Crippen molar-refractivity contribution < 1.29 is 17.9 Å². The molecule has 2 aromatic rings. The highest BCUT2D eigenvalue weighted by atomic mass is 19.4. The monoisotopic (exact) mass is 353 g/mol. The zero-order valence-corrected chi connectivity index (χ0v) is 14.6. The molecule has 0 spiro atoms. The maximum Gasteiger partial charge on any atom is 0.423 e. The Kier molecular flexibility index (Phi) is 6.22. The van der Waals surface area contributed by atoms with E-state index in [-0.39, 0.29) is 12.6 Å². The van der Waals surface area contributed by atoms with Gasteiger partial charge >= 0.3 is 6.18 Å². The molecule has 1 aromatic heterocycles. The average molecular weight is 353 g/mol. The molecule has 0 fully saturated rings. The van der Waals surface area contributed by atoms with Gasteiger partial charge in [-0.1, -0.05) is 32.4 Å². The van der Waals surface area contributed by atoms with Crippen molar-refractivity contribution >= 4 is 11.6 Å². The van der Waals surface area contributed by atoms with E-state index >= 15 is 0 Å². The van der Waals surface area contributed by atoms with Crippen molar-refractivity contribution in [3.05, 3.63) is 41.6 Å². The molecule has 0 saturated carbocycles. The smallest absolute Gasteiger partial charge is 0.423 e. The lowest BCUT2D eigenvalue weighted by Crippen LogP contribution is -2.17. The fourth-order valence-electron chi connectivity index (χ4n) is 2.21. The number of aromatic nitrogens is 2. The summed E-state index contributed by atoms with van der Waals surface area (Å²) in [5, 5.41) is 0. The third-order valence-electron chi connectivity index (χ3n) is 3.82. The Hall–Kier alpha value is -2.31. The zero-order chi connectivity index (χ0) is 18.4. The number of nitrogens with zero attached hydrogens (tertiary/aromatic N) is 3. The summed E-state index contributed by atoms with van der Waals surface area (Å²) in [7, 11) is 1.71. The topological polar surface area (TPSA) is 38.2 Å². The summed E-state index contributed by atoms with van der Waals surface area (Å²) in [5.41, 5.74) is 1.01. The van der Waals surface area contributed by atoms with E-state index in [0.717, 1.165) is 24.7 Å². The van der Waals surface area contributed by atoms with Crippen LogP contribution in [0, 0.1) is 0 Å². The summed E-state index contributed by atoms with van der Waals surface area (Å²) in [4.78, 5) is 9.50. The summed E-state index contributed by atoms with van der Waals surface area (Å²) in [5.74, 6) is -0.272. The Morgan fingerprint density at radius 1 is 1.12 bits per heavy atom. The molecule has 0 aliphatic rings. The fourth-order valence-corrected chi connectivity index (χ4v) is 2.21. The number of hydrogen-bond donors (Lipinski definition) is 0. The molecule has 0 radical (unpaired) electrons. The first-order valence-electron chi connectivity index (χ1n) is 8.26. The number of unbranched alkanes of at least 4 members (excludes halogenated alkanes) is 1. The van der Waals surface area contributed by atoms with E-state index < -0.39 is 17.6 Å². The lowest BCUT2D eigenvalue weighted by Gasteiger charge is -2.20. The Bertz CT molecular complexity index is 687. The number of rotatable bonds is 7. The zero-order valence-electron chi connectivity index (χ0n) is 14.6. The van der Waals surface area contributed by atoms with Gasteiger partial charge in [-0.15, -0.1) is 0 Å². The normalized spacial score (nSPS) is 11.4. The van der Waals surface area contributed by atoms with Gasteiger partial charge in [0.1, 0.15) is 5.56 Å². The Morgan fingerprint density at radius 2 is 1.80 bits per heavy atom. The molecular weight excluding hydrogens is 331 g/mol. The van der Waals surface area contributed by atoms with Gasteiger partial charge in [0, 0.05) is 18.9 Å². The second-order valence-electron chi connectivity index (χ2n) is 5.67. The van der Waals surface area contributed by atoms with E-state index in [9.17, 15) is 13.2 Å². The first-order valence-corrected chi connectivity index (χ1v) is 8.26. The van der Waals surface area contributed by atoms with E-state index in [1.807, 2.05) is 31.2 Å². The van der Waals surface area contributed by atoms with Crippen molar-refractivity contribution in [2.75, 3.05) is 18.6 Å². The van der Waals surface area contributed by atoms with Gasteiger partial charge in [0.25, 0.3) is 0 Å².